The molecule has 2 N–H and O–H groups in total. The molecule has 0 fully saturated rings. The summed E-state index contributed by atoms with van der Waals surface area (Å²) < 4.78 is 21.9. The van der Waals surface area contributed by atoms with Crippen molar-refractivity contribution in [3.8, 4) is 34.5 Å². The minimum absolute atomic E-state index is 0.0416. The van der Waals surface area contributed by atoms with Crippen LogP contribution in [0.2, 0.25) is 0 Å². The van der Waals surface area contributed by atoms with Crippen LogP contribution in [0, 0.1) is 0 Å². The summed E-state index contributed by atoms with van der Waals surface area (Å²) in [4.78, 5) is 0. The molecule has 3 aromatic rings. The first-order chi connectivity index (χ1) is 15.4. The van der Waals surface area contributed by atoms with Crippen LogP contribution < -0.4 is 18.9 Å². The van der Waals surface area contributed by atoms with E-state index in [9.17, 15) is 10.2 Å². The lowest BCUT2D eigenvalue weighted by atomic mass is 9.87. The summed E-state index contributed by atoms with van der Waals surface area (Å²) in [6.45, 7) is 2.05. The van der Waals surface area contributed by atoms with E-state index in [1.54, 1.807) is 38.5 Å². The number of methoxy groups -OCH3 is 4. The van der Waals surface area contributed by atoms with Crippen molar-refractivity contribution in [3.63, 3.8) is 0 Å². The summed E-state index contributed by atoms with van der Waals surface area (Å²) in [5.74, 6) is 2.06. The van der Waals surface area contributed by atoms with Crippen molar-refractivity contribution in [1.29, 1.82) is 0 Å². The van der Waals surface area contributed by atoms with Gasteiger partial charge in [-0.25, -0.2) is 0 Å². The quantitative estimate of drug-likeness (QED) is 0.457. The number of ether oxygens (including phenoxy) is 4. The van der Waals surface area contributed by atoms with Crippen LogP contribution in [0.15, 0.2) is 48.5 Å². The van der Waals surface area contributed by atoms with Gasteiger partial charge in [-0.15, -0.1) is 0 Å². The second-order valence-electron chi connectivity index (χ2n) is 7.25. The van der Waals surface area contributed by atoms with E-state index in [4.69, 9.17) is 18.9 Å². The van der Waals surface area contributed by atoms with Gasteiger partial charge in [0.25, 0.3) is 0 Å². The maximum atomic E-state index is 10.3. The van der Waals surface area contributed by atoms with Gasteiger partial charge in [0.1, 0.15) is 17.2 Å². The van der Waals surface area contributed by atoms with Crippen molar-refractivity contribution >= 4 is 12.2 Å². The Morgan fingerprint density at radius 3 is 1.84 bits per heavy atom. The average Bonchev–Trinajstić information content (AvgIpc) is 2.82. The third-order valence-electron chi connectivity index (χ3n) is 5.39. The van der Waals surface area contributed by atoms with Crippen molar-refractivity contribution in [3.05, 3.63) is 70.8 Å². The Balaban J connectivity index is 2.15. The van der Waals surface area contributed by atoms with Crippen LogP contribution in [-0.4, -0.2) is 38.7 Å². The van der Waals surface area contributed by atoms with E-state index in [1.165, 1.54) is 14.2 Å². The monoisotopic (exact) mass is 436 g/mol. The zero-order valence-electron chi connectivity index (χ0n) is 18.9. The van der Waals surface area contributed by atoms with Crippen LogP contribution in [0.5, 0.6) is 34.5 Å². The highest BCUT2D eigenvalue weighted by molar-refractivity contribution is 5.74. The number of rotatable bonds is 8. The third-order valence-corrected chi connectivity index (χ3v) is 5.39. The Morgan fingerprint density at radius 1 is 0.719 bits per heavy atom. The van der Waals surface area contributed by atoms with Gasteiger partial charge < -0.3 is 29.2 Å². The Hall–Kier alpha value is -3.80. The topological polar surface area (TPSA) is 77.4 Å². The maximum absolute atomic E-state index is 10.3. The molecule has 168 valence electrons. The van der Waals surface area contributed by atoms with Crippen molar-refractivity contribution in [2.75, 3.05) is 28.4 Å². The fraction of sp³-hybridized carbons (Fsp3) is 0.231. The van der Waals surface area contributed by atoms with Gasteiger partial charge >= 0.3 is 0 Å². The molecule has 0 amide bonds. The molecule has 3 rings (SSSR count). The largest absolute Gasteiger partial charge is 0.508 e. The second kappa shape index (κ2) is 10.0. The number of hydrogen-bond acceptors (Lipinski definition) is 6. The summed E-state index contributed by atoms with van der Waals surface area (Å²) in [5.41, 5.74) is 3.68. The smallest absolute Gasteiger partial charge is 0.200 e. The van der Waals surface area contributed by atoms with Crippen LogP contribution in [-0.2, 0) is 0 Å². The summed E-state index contributed by atoms with van der Waals surface area (Å²) in [7, 11) is 6.24. The fourth-order valence-electron chi connectivity index (χ4n) is 3.61. The summed E-state index contributed by atoms with van der Waals surface area (Å²) in [6, 6.07) is 14.3. The molecule has 0 aliphatic carbocycles. The van der Waals surface area contributed by atoms with Crippen LogP contribution >= 0.6 is 0 Å². The molecule has 0 aliphatic rings. The lowest BCUT2D eigenvalue weighted by molar-refractivity contribution is 0.339. The third kappa shape index (κ3) is 4.75. The second-order valence-corrected chi connectivity index (χ2v) is 7.25. The number of phenols is 2. The summed E-state index contributed by atoms with van der Waals surface area (Å²) in [5, 5.41) is 19.8. The maximum Gasteiger partial charge on any atom is 0.200 e. The molecule has 0 aromatic heterocycles. The fourth-order valence-corrected chi connectivity index (χ4v) is 3.61. The molecular weight excluding hydrogens is 408 g/mol. The zero-order valence-corrected chi connectivity index (χ0v) is 18.9. The minimum atomic E-state index is -0.126. The Bertz CT molecular complexity index is 1080. The Labute approximate surface area is 188 Å². The Morgan fingerprint density at radius 2 is 1.31 bits per heavy atom. The van der Waals surface area contributed by atoms with Gasteiger partial charge in [0.2, 0.25) is 5.75 Å². The first kappa shape index (κ1) is 22.9. The van der Waals surface area contributed by atoms with Gasteiger partial charge in [-0.1, -0.05) is 31.2 Å². The molecule has 1 atom stereocenters. The van der Waals surface area contributed by atoms with Gasteiger partial charge in [-0.05, 0) is 47.0 Å². The van der Waals surface area contributed by atoms with Crippen molar-refractivity contribution < 1.29 is 29.2 Å². The van der Waals surface area contributed by atoms with E-state index in [0.29, 0.717) is 23.0 Å². The molecule has 0 aliphatic heterocycles. The predicted molar refractivity (Wildman–Crippen MR) is 125 cm³/mol. The number of phenolic OH excluding ortho intramolecular Hbond substituents is 2. The predicted octanol–water partition coefficient (Wildman–Crippen LogP) is 5.45. The van der Waals surface area contributed by atoms with E-state index >= 15 is 0 Å². The molecule has 0 saturated carbocycles. The summed E-state index contributed by atoms with van der Waals surface area (Å²) >= 11 is 0. The number of hydrogen-bond donors (Lipinski definition) is 2. The van der Waals surface area contributed by atoms with Gasteiger partial charge in [-0.2, -0.15) is 0 Å². The van der Waals surface area contributed by atoms with E-state index < -0.39 is 0 Å². The molecule has 6 nitrogen and oxygen atoms in total. The SMILES string of the molecule is COc1cc(/C=C/c2ccc(O)cc2)c(C(C)c2cc(OC)c(O)c(OC)c2)c(OC)c1. The molecule has 0 bridgehead atoms. The highest BCUT2D eigenvalue weighted by Crippen LogP contribution is 2.44. The molecular formula is C26H28O6. The summed E-state index contributed by atoms with van der Waals surface area (Å²) in [6.07, 6.45) is 3.94. The molecule has 3 aromatic carbocycles. The van der Waals surface area contributed by atoms with Gasteiger partial charge in [0.05, 0.1) is 28.4 Å². The van der Waals surface area contributed by atoms with Gasteiger partial charge in [0.15, 0.2) is 11.5 Å². The van der Waals surface area contributed by atoms with E-state index in [1.807, 2.05) is 43.3 Å². The van der Waals surface area contributed by atoms with E-state index in [0.717, 1.165) is 22.3 Å². The lowest BCUT2D eigenvalue weighted by Crippen LogP contribution is -2.04. The number of benzene rings is 3. The van der Waals surface area contributed by atoms with Gasteiger partial charge in [0, 0.05) is 17.5 Å². The molecule has 1 unspecified atom stereocenters. The van der Waals surface area contributed by atoms with Crippen LogP contribution in [0.25, 0.3) is 12.2 Å². The van der Waals surface area contributed by atoms with Gasteiger partial charge in [-0.3, -0.25) is 0 Å². The van der Waals surface area contributed by atoms with Crippen molar-refractivity contribution in [2.24, 2.45) is 0 Å². The molecule has 32 heavy (non-hydrogen) atoms. The molecule has 0 radical (unpaired) electrons. The number of aromatic hydroxyl groups is 2. The normalized spacial score (nSPS) is 11.9. The molecule has 6 heteroatoms. The average molecular weight is 437 g/mol. The van der Waals surface area contributed by atoms with Crippen LogP contribution in [0.1, 0.15) is 35.1 Å². The van der Waals surface area contributed by atoms with E-state index in [2.05, 4.69) is 0 Å². The van der Waals surface area contributed by atoms with Crippen LogP contribution in [0.4, 0.5) is 0 Å². The standard InChI is InChI=1S/C26H28O6/c1-16(19-13-23(31-4)26(28)24(14-19)32-5)25-18(12-21(29-2)15-22(25)30-3)9-6-17-7-10-20(27)11-8-17/h6-16,27-28H,1-5H3/b9-6+. The zero-order chi connectivity index (χ0) is 23.3. The van der Waals surface area contributed by atoms with Crippen molar-refractivity contribution in [1.82, 2.24) is 0 Å². The first-order valence-corrected chi connectivity index (χ1v) is 10.1. The van der Waals surface area contributed by atoms with E-state index in [-0.39, 0.29) is 17.4 Å². The first-order valence-electron chi connectivity index (χ1n) is 10.1. The molecule has 0 spiro atoms. The molecule has 0 saturated heterocycles. The Kier molecular flexibility index (Phi) is 7.15. The van der Waals surface area contributed by atoms with Crippen molar-refractivity contribution in [2.45, 2.75) is 12.8 Å². The highest BCUT2D eigenvalue weighted by atomic mass is 16.5. The van der Waals surface area contributed by atoms with Crippen LogP contribution in [0.3, 0.4) is 0 Å². The lowest BCUT2D eigenvalue weighted by Gasteiger charge is -2.21. The molecule has 0 heterocycles. The minimum Gasteiger partial charge on any atom is -0.508 e. The highest BCUT2D eigenvalue weighted by Gasteiger charge is 2.22.